The van der Waals surface area contributed by atoms with Crippen molar-refractivity contribution in [3.05, 3.63) is 77.4 Å². The number of pyridine rings is 1. The van der Waals surface area contributed by atoms with Gasteiger partial charge in [-0.05, 0) is 43.7 Å². The van der Waals surface area contributed by atoms with Gasteiger partial charge in [-0.1, -0.05) is 0 Å². The van der Waals surface area contributed by atoms with E-state index in [0.717, 1.165) is 22.9 Å². The van der Waals surface area contributed by atoms with Crippen LogP contribution < -0.4 is 5.32 Å². The Morgan fingerprint density at radius 2 is 1.92 bits per heavy atom. The molecule has 3 aromatic rings. The van der Waals surface area contributed by atoms with Crippen LogP contribution in [0.2, 0.25) is 0 Å². The van der Waals surface area contributed by atoms with E-state index in [0.29, 0.717) is 6.54 Å². The SMILES string of the molecule is Cc1c(C(C)NCc2ccncc2)cnn1-c1ccc(F)cc1F. The monoisotopic (exact) mass is 328 g/mol. The maximum Gasteiger partial charge on any atom is 0.151 e. The van der Waals surface area contributed by atoms with Gasteiger partial charge in [0.2, 0.25) is 0 Å². The number of aromatic nitrogens is 3. The largest absolute Gasteiger partial charge is 0.306 e. The highest BCUT2D eigenvalue weighted by atomic mass is 19.1. The number of benzene rings is 1. The zero-order chi connectivity index (χ0) is 17.1. The summed E-state index contributed by atoms with van der Waals surface area (Å²) in [7, 11) is 0. The first kappa shape index (κ1) is 16.3. The van der Waals surface area contributed by atoms with Gasteiger partial charge in [-0.2, -0.15) is 5.10 Å². The summed E-state index contributed by atoms with van der Waals surface area (Å²) in [6, 6.07) is 7.42. The molecule has 0 radical (unpaired) electrons. The maximum atomic E-state index is 14.0. The van der Waals surface area contributed by atoms with Crippen LogP contribution in [0.5, 0.6) is 0 Å². The van der Waals surface area contributed by atoms with Gasteiger partial charge in [0.15, 0.2) is 5.82 Å². The quantitative estimate of drug-likeness (QED) is 0.776. The highest BCUT2D eigenvalue weighted by molar-refractivity contribution is 5.37. The summed E-state index contributed by atoms with van der Waals surface area (Å²) in [5.74, 6) is -1.24. The molecular weight excluding hydrogens is 310 g/mol. The van der Waals surface area contributed by atoms with Crippen molar-refractivity contribution < 1.29 is 8.78 Å². The number of hydrogen-bond acceptors (Lipinski definition) is 3. The van der Waals surface area contributed by atoms with E-state index in [2.05, 4.69) is 15.4 Å². The van der Waals surface area contributed by atoms with Crippen LogP contribution in [-0.4, -0.2) is 14.8 Å². The minimum Gasteiger partial charge on any atom is -0.306 e. The Labute approximate surface area is 139 Å². The summed E-state index contributed by atoms with van der Waals surface area (Å²) < 4.78 is 28.5. The van der Waals surface area contributed by atoms with Crippen molar-refractivity contribution >= 4 is 0 Å². The lowest BCUT2D eigenvalue weighted by Gasteiger charge is -2.14. The fourth-order valence-corrected chi connectivity index (χ4v) is 2.62. The van der Waals surface area contributed by atoms with Gasteiger partial charge < -0.3 is 5.32 Å². The van der Waals surface area contributed by atoms with Crippen LogP contribution in [0.3, 0.4) is 0 Å². The standard InChI is InChI=1S/C18H18F2N4/c1-12(22-10-14-5-7-21-8-6-14)16-11-23-24(13(16)2)18-4-3-15(19)9-17(18)20/h3-9,11-12,22H,10H2,1-2H3. The first-order chi connectivity index (χ1) is 11.6. The van der Waals surface area contributed by atoms with Gasteiger partial charge in [-0.15, -0.1) is 0 Å². The average molecular weight is 328 g/mol. The van der Waals surface area contributed by atoms with Crippen molar-refractivity contribution in [1.29, 1.82) is 0 Å². The van der Waals surface area contributed by atoms with Crippen molar-refractivity contribution in [1.82, 2.24) is 20.1 Å². The van der Waals surface area contributed by atoms with Crippen LogP contribution in [0.15, 0.2) is 48.9 Å². The van der Waals surface area contributed by atoms with Gasteiger partial charge in [0.1, 0.15) is 11.5 Å². The van der Waals surface area contributed by atoms with Crippen LogP contribution in [-0.2, 0) is 6.54 Å². The average Bonchev–Trinajstić information content (AvgIpc) is 2.95. The molecule has 0 saturated heterocycles. The molecule has 0 fully saturated rings. The van der Waals surface area contributed by atoms with E-state index in [1.165, 1.54) is 16.8 Å². The van der Waals surface area contributed by atoms with E-state index in [-0.39, 0.29) is 11.7 Å². The number of halogens is 2. The van der Waals surface area contributed by atoms with Crippen LogP contribution >= 0.6 is 0 Å². The van der Waals surface area contributed by atoms with Crippen molar-refractivity contribution in [3.63, 3.8) is 0 Å². The molecule has 0 bridgehead atoms. The van der Waals surface area contributed by atoms with E-state index in [1.807, 2.05) is 26.0 Å². The molecule has 24 heavy (non-hydrogen) atoms. The van der Waals surface area contributed by atoms with Crippen LogP contribution in [0, 0.1) is 18.6 Å². The van der Waals surface area contributed by atoms with Gasteiger partial charge in [-0.25, -0.2) is 13.5 Å². The molecule has 1 N–H and O–H groups in total. The normalized spacial score (nSPS) is 12.3. The van der Waals surface area contributed by atoms with Crippen LogP contribution in [0.25, 0.3) is 5.69 Å². The Morgan fingerprint density at radius 1 is 1.17 bits per heavy atom. The van der Waals surface area contributed by atoms with Crippen LogP contribution in [0.4, 0.5) is 8.78 Å². The molecular formula is C18H18F2N4. The highest BCUT2D eigenvalue weighted by Gasteiger charge is 2.16. The molecule has 0 spiro atoms. The summed E-state index contributed by atoms with van der Waals surface area (Å²) in [6.45, 7) is 4.59. The minimum atomic E-state index is -0.634. The third kappa shape index (κ3) is 3.33. The fourth-order valence-electron chi connectivity index (χ4n) is 2.62. The summed E-state index contributed by atoms with van der Waals surface area (Å²) >= 11 is 0. The zero-order valence-electron chi connectivity index (χ0n) is 13.5. The molecule has 2 heterocycles. The molecule has 2 aromatic heterocycles. The third-order valence-corrected chi connectivity index (χ3v) is 4.01. The Bertz CT molecular complexity index is 830. The molecule has 0 saturated carbocycles. The second-order valence-electron chi connectivity index (χ2n) is 5.65. The second kappa shape index (κ2) is 6.88. The molecule has 6 heteroatoms. The lowest BCUT2D eigenvalue weighted by atomic mass is 10.1. The fraction of sp³-hybridized carbons (Fsp3) is 0.222. The molecule has 0 amide bonds. The molecule has 4 nitrogen and oxygen atoms in total. The lowest BCUT2D eigenvalue weighted by Crippen LogP contribution is -2.18. The molecule has 1 atom stereocenters. The van der Waals surface area contributed by atoms with Gasteiger partial charge in [0.25, 0.3) is 0 Å². The van der Waals surface area contributed by atoms with Gasteiger partial charge in [0, 0.05) is 42.3 Å². The lowest BCUT2D eigenvalue weighted by molar-refractivity contribution is 0.566. The summed E-state index contributed by atoms with van der Waals surface area (Å²) in [4.78, 5) is 3.99. The smallest absolute Gasteiger partial charge is 0.151 e. The van der Waals surface area contributed by atoms with Gasteiger partial charge in [0.05, 0.1) is 6.20 Å². The summed E-state index contributed by atoms with van der Waals surface area (Å²) in [6.07, 6.45) is 5.22. The molecule has 0 aliphatic rings. The maximum absolute atomic E-state index is 14.0. The second-order valence-corrected chi connectivity index (χ2v) is 5.65. The first-order valence-corrected chi connectivity index (χ1v) is 7.68. The Morgan fingerprint density at radius 3 is 2.62 bits per heavy atom. The van der Waals surface area contributed by atoms with Crippen molar-refractivity contribution in [3.8, 4) is 5.69 Å². The van der Waals surface area contributed by atoms with E-state index >= 15 is 0 Å². The molecule has 1 unspecified atom stereocenters. The molecule has 124 valence electrons. The Kier molecular flexibility index (Phi) is 4.66. The van der Waals surface area contributed by atoms with E-state index in [1.54, 1.807) is 18.6 Å². The predicted molar refractivity (Wildman–Crippen MR) is 87.7 cm³/mol. The molecule has 0 aliphatic carbocycles. The van der Waals surface area contributed by atoms with Crippen LogP contribution in [0.1, 0.15) is 29.8 Å². The van der Waals surface area contributed by atoms with Crippen molar-refractivity contribution in [2.45, 2.75) is 26.4 Å². The molecule has 0 aliphatic heterocycles. The molecule has 3 rings (SSSR count). The number of hydrogen-bond donors (Lipinski definition) is 1. The number of nitrogens with one attached hydrogen (secondary N) is 1. The predicted octanol–water partition coefficient (Wildman–Crippen LogP) is 3.70. The minimum absolute atomic E-state index is 0.0374. The summed E-state index contributed by atoms with van der Waals surface area (Å²) in [5, 5.41) is 7.67. The number of nitrogens with zero attached hydrogens (tertiary/aromatic N) is 3. The Balaban J connectivity index is 1.79. The van der Waals surface area contributed by atoms with E-state index < -0.39 is 11.6 Å². The zero-order valence-corrected chi connectivity index (χ0v) is 13.5. The van der Waals surface area contributed by atoms with E-state index in [9.17, 15) is 8.78 Å². The van der Waals surface area contributed by atoms with E-state index in [4.69, 9.17) is 0 Å². The van der Waals surface area contributed by atoms with Gasteiger partial charge >= 0.3 is 0 Å². The highest BCUT2D eigenvalue weighted by Crippen LogP contribution is 2.22. The Hall–Kier alpha value is -2.60. The topological polar surface area (TPSA) is 42.7 Å². The third-order valence-electron chi connectivity index (χ3n) is 4.01. The molecule has 1 aromatic carbocycles. The summed E-state index contributed by atoms with van der Waals surface area (Å²) in [5.41, 5.74) is 3.15. The van der Waals surface area contributed by atoms with Crippen molar-refractivity contribution in [2.75, 3.05) is 0 Å². The van der Waals surface area contributed by atoms with Gasteiger partial charge in [-0.3, -0.25) is 4.98 Å². The number of rotatable bonds is 5. The first-order valence-electron chi connectivity index (χ1n) is 7.68. The van der Waals surface area contributed by atoms with Crippen molar-refractivity contribution in [2.24, 2.45) is 0 Å².